The highest BCUT2D eigenvalue weighted by Crippen LogP contribution is 2.18. The van der Waals surface area contributed by atoms with Crippen LogP contribution in [0.4, 0.5) is 5.69 Å². The third-order valence-corrected chi connectivity index (χ3v) is 3.04. The Kier molecular flexibility index (Phi) is 4.53. The molecule has 1 aliphatic heterocycles. The maximum atomic E-state index is 11.8. The molecular formula is C12H17N3O5. The van der Waals surface area contributed by atoms with Gasteiger partial charge in [-0.1, -0.05) is 0 Å². The van der Waals surface area contributed by atoms with Crippen LogP contribution in [-0.4, -0.2) is 52.4 Å². The molecule has 1 amide bonds. The molecule has 0 unspecified atom stereocenters. The van der Waals surface area contributed by atoms with Gasteiger partial charge in [0.2, 0.25) is 0 Å². The average Bonchev–Trinajstić information content (AvgIpc) is 2.73. The lowest BCUT2D eigenvalue weighted by atomic mass is 10.1. The molecule has 0 aliphatic carbocycles. The number of hydrogen-bond donors (Lipinski definition) is 6. The van der Waals surface area contributed by atoms with Gasteiger partial charge >= 0.3 is 0 Å². The van der Waals surface area contributed by atoms with Gasteiger partial charge in [0.1, 0.15) is 18.3 Å². The summed E-state index contributed by atoms with van der Waals surface area (Å²) in [4.78, 5) is 11.8. The van der Waals surface area contributed by atoms with Crippen molar-refractivity contribution in [1.29, 1.82) is 0 Å². The first kappa shape index (κ1) is 14.7. The fourth-order valence-electron chi connectivity index (χ4n) is 1.86. The standard InChI is InChI=1S/C12H17N3O5/c13-7-3-1-6(2-4-7)11(19)14-15-12-10(18)9(17)8(5-16)20-12/h1-4,8-10,12,15-18H,5,13H2,(H,14,19)/t8-,9+,10-,12-/m0/s1. The summed E-state index contributed by atoms with van der Waals surface area (Å²) < 4.78 is 5.14. The van der Waals surface area contributed by atoms with Gasteiger partial charge in [0.25, 0.3) is 5.91 Å². The van der Waals surface area contributed by atoms with Crippen molar-refractivity contribution in [1.82, 2.24) is 10.9 Å². The predicted molar refractivity (Wildman–Crippen MR) is 69.2 cm³/mol. The molecule has 1 aromatic carbocycles. The van der Waals surface area contributed by atoms with Gasteiger partial charge in [-0.15, -0.1) is 0 Å². The normalized spacial score (nSPS) is 29.4. The summed E-state index contributed by atoms with van der Waals surface area (Å²) in [7, 11) is 0. The summed E-state index contributed by atoms with van der Waals surface area (Å²) in [6.07, 6.45) is -4.36. The fraction of sp³-hybridized carbons (Fsp3) is 0.417. The molecule has 4 atom stereocenters. The van der Waals surface area contributed by atoms with E-state index in [-0.39, 0.29) is 0 Å². The number of carbonyl (C=O) groups is 1. The number of amides is 1. The fourth-order valence-corrected chi connectivity index (χ4v) is 1.86. The Morgan fingerprint density at radius 2 is 1.90 bits per heavy atom. The van der Waals surface area contributed by atoms with E-state index >= 15 is 0 Å². The van der Waals surface area contributed by atoms with Crippen molar-refractivity contribution < 1.29 is 24.9 Å². The van der Waals surface area contributed by atoms with Crippen LogP contribution >= 0.6 is 0 Å². The number of ether oxygens (including phenoxy) is 1. The van der Waals surface area contributed by atoms with Crippen molar-refractivity contribution in [2.45, 2.75) is 24.5 Å². The molecule has 0 spiro atoms. The van der Waals surface area contributed by atoms with Crippen LogP contribution in [0, 0.1) is 0 Å². The maximum absolute atomic E-state index is 11.8. The van der Waals surface area contributed by atoms with Gasteiger partial charge in [-0.05, 0) is 24.3 Å². The summed E-state index contributed by atoms with van der Waals surface area (Å²) in [5, 5.41) is 28.1. The van der Waals surface area contributed by atoms with Crippen LogP contribution in [0.5, 0.6) is 0 Å². The van der Waals surface area contributed by atoms with Gasteiger partial charge < -0.3 is 25.8 Å². The number of hydrogen-bond acceptors (Lipinski definition) is 7. The van der Waals surface area contributed by atoms with Crippen LogP contribution in [0.3, 0.4) is 0 Å². The molecule has 0 aromatic heterocycles. The Bertz CT molecular complexity index is 467. The van der Waals surface area contributed by atoms with E-state index in [1.54, 1.807) is 24.3 Å². The second-order valence-electron chi connectivity index (χ2n) is 4.48. The van der Waals surface area contributed by atoms with Gasteiger partial charge in [0.15, 0.2) is 6.23 Å². The highest BCUT2D eigenvalue weighted by atomic mass is 16.6. The van der Waals surface area contributed by atoms with E-state index in [0.29, 0.717) is 11.3 Å². The van der Waals surface area contributed by atoms with E-state index in [0.717, 1.165) is 0 Å². The maximum Gasteiger partial charge on any atom is 0.265 e. The highest BCUT2D eigenvalue weighted by Gasteiger charge is 2.42. The predicted octanol–water partition coefficient (Wildman–Crippen LogP) is -2.06. The molecule has 110 valence electrons. The zero-order valence-corrected chi connectivity index (χ0v) is 10.6. The number of aliphatic hydroxyl groups is 3. The third kappa shape index (κ3) is 3.06. The zero-order valence-electron chi connectivity index (χ0n) is 10.6. The molecule has 8 nitrogen and oxygen atoms in total. The van der Waals surface area contributed by atoms with E-state index in [1.165, 1.54) is 0 Å². The lowest BCUT2D eigenvalue weighted by Gasteiger charge is -2.17. The van der Waals surface area contributed by atoms with Gasteiger partial charge in [-0.25, -0.2) is 5.43 Å². The minimum atomic E-state index is -1.25. The van der Waals surface area contributed by atoms with Crippen LogP contribution in [-0.2, 0) is 4.74 Å². The lowest BCUT2D eigenvalue weighted by Crippen LogP contribution is -2.49. The number of nitrogens with two attached hydrogens (primary N) is 1. The van der Waals surface area contributed by atoms with Crippen LogP contribution < -0.4 is 16.6 Å². The number of benzene rings is 1. The van der Waals surface area contributed by atoms with Gasteiger partial charge in [-0.3, -0.25) is 10.2 Å². The second kappa shape index (κ2) is 6.16. The van der Waals surface area contributed by atoms with Gasteiger partial charge in [0, 0.05) is 11.3 Å². The first-order valence-corrected chi connectivity index (χ1v) is 6.07. The molecule has 8 heteroatoms. The minimum Gasteiger partial charge on any atom is -0.399 e. The summed E-state index contributed by atoms with van der Waals surface area (Å²) in [6, 6.07) is 6.26. The van der Waals surface area contributed by atoms with E-state index in [9.17, 15) is 15.0 Å². The average molecular weight is 283 g/mol. The molecule has 1 fully saturated rings. The highest BCUT2D eigenvalue weighted by molar-refractivity contribution is 5.94. The Balaban J connectivity index is 1.89. The summed E-state index contributed by atoms with van der Waals surface area (Å²) in [6.45, 7) is -0.428. The first-order chi connectivity index (χ1) is 9.52. The Morgan fingerprint density at radius 1 is 1.25 bits per heavy atom. The summed E-state index contributed by atoms with van der Waals surface area (Å²) >= 11 is 0. The summed E-state index contributed by atoms with van der Waals surface area (Å²) in [5.41, 5.74) is 11.2. The first-order valence-electron chi connectivity index (χ1n) is 6.07. The summed E-state index contributed by atoms with van der Waals surface area (Å²) in [5.74, 6) is -0.442. The van der Waals surface area contributed by atoms with Gasteiger partial charge in [-0.2, -0.15) is 0 Å². The van der Waals surface area contributed by atoms with E-state index < -0.39 is 37.1 Å². The molecule has 0 bridgehead atoms. The van der Waals surface area contributed by atoms with E-state index in [1.807, 2.05) is 0 Å². The third-order valence-electron chi connectivity index (χ3n) is 3.04. The molecule has 1 aliphatic rings. The number of aliphatic hydroxyl groups excluding tert-OH is 3. The Labute approximate surface area is 115 Å². The number of rotatable bonds is 4. The molecule has 7 N–H and O–H groups in total. The molecule has 1 heterocycles. The van der Waals surface area contributed by atoms with Crippen LogP contribution in [0.15, 0.2) is 24.3 Å². The number of hydrazine groups is 1. The van der Waals surface area contributed by atoms with Crippen LogP contribution in [0.25, 0.3) is 0 Å². The van der Waals surface area contributed by atoms with Crippen molar-refractivity contribution in [2.24, 2.45) is 0 Å². The van der Waals surface area contributed by atoms with Crippen LogP contribution in [0.1, 0.15) is 10.4 Å². The second-order valence-corrected chi connectivity index (χ2v) is 4.48. The molecule has 0 saturated carbocycles. The smallest absolute Gasteiger partial charge is 0.265 e. The van der Waals surface area contributed by atoms with Crippen molar-refractivity contribution in [2.75, 3.05) is 12.3 Å². The number of nitrogens with one attached hydrogen (secondary N) is 2. The molecule has 20 heavy (non-hydrogen) atoms. The molecule has 1 aromatic rings. The Hall–Kier alpha value is -1.71. The van der Waals surface area contributed by atoms with Crippen molar-refractivity contribution in [3.05, 3.63) is 29.8 Å². The van der Waals surface area contributed by atoms with Crippen LogP contribution in [0.2, 0.25) is 0 Å². The monoisotopic (exact) mass is 283 g/mol. The largest absolute Gasteiger partial charge is 0.399 e. The molecular weight excluding hydrogens is 266 g/mol. The van der Waals surface area contributed by atoms with Crippen molar-refractivity contribution >= 4 is 11.6 Å². The van der Waals surface area contributed by atoms with Gasteiger partial charge in [0.05, 0.1) is 6.61 Å². The SMILES string of the molecule is Nc1ccc(C(=O)NN[C@H]2O[C@@H](CO)[C@@H](O)[C@@H]2O)cc1. The zero-order chi connectivity index (χ0) is 14.7. The number of nitrogen functional groups attached to an aromatic ring is 1. The van der Waals surface area contributed by atoms with Crippen molar-refractivity contribution in [3.8, 4) is 0 Å². The lowest BCUT2D eigenvalue weighted by molar-refractivity contribution is -0.0375. The Morgan fingerprint density at radius 3 is 2.45 bits per heavy atom. The topological polar surface area (TPSA) is 137 Å². The quantitative estimate of drug-likeness (QED) is 0.276. The molecule has 1 saturated heterocycles. The minimum absolute atomic E-state index is 0.374. The number of carbonyl (C=O) groups excluding carboxylic acids is 1. The van der Waals surface area contributed by atoms with E-state index in [4.69, 9.17) is 15.6 Å². The number of anilines is 1. The van der Waals surface area contributed by atoms with E-state index in [2.05, 4.69) is 10.9 Å². The molecule has 2 rings (SSSR count). The molecule has 0 radical (unpaired) electrons. The van der Waals surface area contributed by atoms with Crippen molar-refractivity contribution in [3.63, 3.8) is 0 Å².